The second kappa shape index (κ2) is 14.4. The number of rotatable bonds is 16. The van der Waals surface area contributed by atoms with Crippen LogP contribution >= 0.6 is 15.9 Å². The number of aliphatic hydroxyl groups is 1. The highest BCUT2D eigenvalue weighted by molar-refractivity contribution is 9.09. The molecule has 2 amide bonds. The predicted molar refractivity (Wildman–Crippen MR) is 153 cm³/mol. The van der Waals surface area contributed by atoms with Crippen molar-refractivity contribution in [3.63, 3.8) is 0 Å². The van der Waals surface area contributed by atoms with Gasteiger partial charge < -0.3 is 29.1 Å². The van der Waals surface area contributed by atoms with Crippen molar-refractivity contribution >= 4 is 33.7 Å². The Balaban J connectivity index is 1.59. The van der Waals surface area contributed by atoms with Crippen molar-refractivity contribution in [2.45, 2.75) is 61.1 Å². The van der Waals surface area contributed by atoms with Gasteiger partial charge in [0.1, 0.15) is 11.6 Å². The van der Waals surface area contributed by atoms with Crippen molar-refractivity contribution < 1.29 is 33.7 Å². The predicted octanol–water partition coefficient (Wildman–Crippen LogP) is 1.75. The Bertz CT molecular complexity index is 929. The number of unbranched alkanes of at least 4 members (excludes halogenated alkanes) is 3. The van der Waals surface area contributed by atoms with Crippen LogP contribution in [0.5, 0.6) is 0 Å². The first-order valence-corrected chi connectivity index (χ1v) is 15.5. The second-order valence-corrected chi connectivity index (χ2v) is 12.3. The number of aliphatic hydroxyl groups excluding tert-OH is 1. The lowest BCUT2D eigenvalue weighted by Crippen LogP contribution is -2.57. The summed E-state index contributed by atoms with van der Waals surface area (Å²) in [4.78, 5) is 47.3. The molecule has 11 heteroatoms. The van der Waals surface area contributed by atoms with Gasteiger partial charge in [-0.25, -0.2) is 0 Å². The topological polar surface area (TPSA) is 109 Å². The number of halogens is 1. The summed E-state index contributed by atoms with van der Waals surface area (Å²) >= 11 is 3.71. The summed E-state index contributed by atoms with van der Waals surface area (Å²) < 4.78 is 17.6. The monoisotopic (exact) mass is 625 g/mol. The third-order valence-electron chi connectivity index (χ3n) is 8.60. The van der Waals surface area contributed by atoms with Gasteiger partial charge >= 0.3 is 5.97 Å². The summed E-state index contributed by atoms with van der Waals surface area (Å²) in [5.41, 5.74) is -1.10. The molecule has 3 unspecified atom stereocenters. The van der Waals surface area contributed by atoms with E-state index < -0.39 is 35.6 Å². The average molecular weight is 627 g/mol. The van der Waals surface area contributed by atoms with Crippen LogP contribution in [0.1, 0.15) is 38.5 Å². The van der Waals surface area contributed by atoms with Crippen LogP contribution in [0.15, 0.2) is 25.3 Å². The summed E-state index contributed by atoms with van der Waals surface area (Å²) in [6.07, 6.45) is 6.80. The third-order valence-corrected chi connectivity index (χ3v) is 9.45. The van der Waals surface area contributed by atoms with Crippen LogP contribution in [-0.2, 0) is 28.6 Å². The van der Waals surface area contributed by atoms with Crippen LogP contribution in [0, 0.1) is 11.8 Å². The number of amides is 2. The number of ether oxygens (including phenoxy) is 3. The minimum atomic E-state index is -1.10. The fourth-order valence-electron chi connectivity index (χ4n) is 6.69. The van der Waals surface area contributed by atoms with E-state index in [-0.39, 0.29) is 29.9 Å². The molecule has 0 aromatic heterocycles. The minimum Gasteiger partial charge on any atom is -0.465 e. The van der Waals surface area contributed by atoms with Crippen molar-refractivity contribution in [3.8, 4) is 0 Å². The fourth-order valence-corrected chi connectivity index (χ4v) is 7.64. The lowest BCUT2D eigenvalue weighted by molar-refractivity contribution is -0.155. The molecule has 4 aliphatic rings. The third kappa shape index (κ3) is 6.33. The molecule has 6 atom stereocenters. The highest BCUT2D eigenvalue weighted by Crippen LogP contribution is 2.60. The lowest BCUT2D eigenvalue weighted by atomic mass is 9.70. The number of hydrogen-bond acceptors (Lipinski definition) is 8. The Labute approximate surface area is 245 Å². The maximum absolute atomic E-state index is 14.4. The SMILES string of the molecule is C=CCCCOC(=O)[C@H]1[C@H]2C(=O)N(CCCCCO)C(C(=O)N(CC=C)CCN3CCOCC3)C23CC(Br)[C@@H]1O3. The Morgan fingerprint density at radius 3 is 2.62 bits per heavy atom. The highest BCUT2D eigenvalue weighted by Gasteiger charge is 2.77. The molecule has 0 radical (unpaired) electrons. The molecule has 0 aromatic rings. The number of hydrogen-bond donors (Lipinski definition) is 1. The fraction of sp³-hybridized carbons (Fsp3) is 0.759. The number of fused-ring (bicyclic) bond motifs is 1. The highest BCUT2D eigenvalue weighted by atomic mass is 79.9. The number of allylic oxidation sites excluding steroid dienone is 1. The number of alkyl halides is 1. The molecule has 1 N–H and O–H groups in total. The maximum Gasteiger partial charge on any atom is 0.312 e. The molecule has 224 valence electrons. The van der Waals surface area contributed by atoms with Gasteiger partial charge in [-0.3, -0.25) is 19.3 Å². The molecule has 1 spiro atoms. The maximum atomic E-state index is 14.4. The summed E-state index contributed by atoms with van der Waals surface area (Å²) in [6.45, 7) is 12.8. The zero-order valence-corrected chi connectivity index (χ0v) is 25.0. The van der Waals surface area contributed by atoms with E-state index in [9.17, 15) is 19.5 Å². The van der Waals surface area contributed by atoms with E-state index >= 15 is 0 Å². The van der Waals surface area contributed by atoms with Gasteiger partial charge in [-0.15, -0.1) is 13.2 Å². The molecular formula is C29H44BrN3O7. The quantitative estimate of drug-likeness (QED) is 0.120. The first-order valence-electron chi connectivity index (χ1n) is 14.6. The Hall–Kier alpha value is -1.79. The normalized spacial score (nSPS) is 31.3. The van der Waals surface area contributed by atoms with Crippen molar-refractivity contribution in [1.82, 2.24) is 14.7 Å². The zero-order chi connectivity index (χ0) is 28.7. The van der Waals surface area contributed by atoms with Crippen LogP contribution in [0.4, 0.5) is 0 Å². The molecule has 0 aliphatic carbocycles. The summed E-state index contributed by atoms with van der Waals surface area (Å²) in [7, 11) is 0. The van der Waals surface area contributed by atoms with E-state index in [4.69, 9.17) is 14.2 Å². The van der Waals surface area contributed by atoms with Gasteiger partial charge in [-0.2, -0.15) is 0 Å². The molecule has 10 nitrogen and oxygen atoms in total. The number of nitrogens with zero attached hydrogens (tertiary/aromatic N) is 3. The van der Waals surface area contributed by atoms with Crippen molar-refractivity contribution in [2.24, 2.45) is 11.8 Å². The number of carbonyl (C=O) groups is 3. The zero-order valence-electron chi connectivity index (χ0n) is 23.4. The van der Waals surface area contributed by atoms with Crippen molar-refractivity contribution in [3.05, 3.63) is 25.3 Å². The van der Waals surface area contributed by atoms with Gasteiger partial charge in [-0.05, 0) is 38.5 Å². The van der Waals surface area contributed by atoms with E-state index in [1.807, 2.05) is 0 Å². The van der Waals surface area contributed by atoms with Crippen LogP contribution < -0.4 is 0 Å². The first-order chi connectivity index (χ1) is 19.4. The lowest BCUT2D eigenvalue weighted by Gasteiger charge is -2.38. The van der Waals surface area contributed by atoms with E-state index in [0.717, 1.165) is 25.9 Å². The summed E-state index contributed by atoms with van der Waals surface area (Å²) in [6, 6.07) is -0.840. The molecule has 0 saturated carbocycles. The smallest absolute Gasteiger partial charge is 0.312 e. The number of carbonyl (C=O) groups excluding carboxylic acids is 3. The van der Waals surface area contributed by atoms with Gasteiger partial charge in [0.25, 0.3) is 0 Å². The van der Waals surface area contributed by atoms with Gasteiger partial charge in [0, 0.05) is 50.7 Å². The molecule has 4 rings (SSSR count). The Kier molecular flexibility index (Phi) is 11.2. The van der Waals surface area contributed by atoms with E-state index in [1.54, 1.807) is 22.0 Å². The van der Waals surface area contributed by atoms with Gasteiger partial charge in [-0.1, -0.05) is 28.1 Å². The van der Waals surface area contributed by atoms with Crippen LogP contribution in [0.25, 0.3) is 0 Å². The van der Waals surface area contributed by atoms with Crippen molar-refractivity contribution in [2.75, 3.05) is 65.7 Å². The molecule has 40 heavy (non-hydrogen) atoms. The first kappa shape index (κ1) is 31.2. The van der Waals surface area contributed by atoms with Crippen LogP contribution in [0.3, 0.4) is 0 Å². The van der Waals surface area contributed by atoms with E-state index in [0.29, 0.717) is 65.1 Å². The van der Waals surface area contributed by atoms with Crippen molar-refractivity contribution in [1.29, 1.82) is 0 Å². The average Bonchev–Trinajstić information content (AvgIpc) is 3.55. The number of likely N-dealkylation sites (tertiary alicyclic amines) is 1. The molecule has 4 aliphatic heterocycles. The van der Waals surface area contributed by atoms with Gasteiger partial charge in [0.2, 0.25) is 11.8 Å². The molecule has 4 heterocycles. The Morgan fingerprint density at radius 1 is 1.15 bits per heavy atom. The number of esters is 1. The molecule has 0 aromatic carbocycles. The van der Waals surface area contributed by atoms with E-state index in [2.05, 4.69) is 34.0 Å². The van der Waals surface area contributed by atoms with Crippen LogP contribution in [0.2, 0.25) is 0 Å². The Morgan fingerprint density at radius 2 is 1.93 bits per heavy atom. The molecule has 4 saturated heterocycles. The van der Waals surface area contributed by atoms with Crippen LogP contribution in [-0.4, -0.2) is 126 Å². The molecule has 2 bridgehead atoms. The standard InChI is InChI=1S/C29H44BrN3O7/c1-3-5-9-17-39-28(37)22-23-26(35)33(11-7-6-8-16-34)25(29(23)20-21(30)24(22)40-29)27(36)32(10-4-2)13-12-31-14-18-38-19-15-31/h3-4,21-25,34H,1-2,5-20H2/t21?,22-,23-,24-,25?,29?/m0/s1. The van der Waals surface area contributed by atoms with E-state index in [1.165, 1.54) is 0 Å². The second-order valence-electron chi connectivity index (χ2n) is 11.1. The summed E-state index contributed by atoms with van der Waals surface area (Å²) in [5.74, 6) is -2.37. The minimum absolute atomic E-state index is 0.0767. The molecular weight excluding hydrogens is 582 g/mol. The largest absolute Gasteiger partial charge is 0.465 e. The summed E-state index contributed by atoms with van der Waals surface area (Å²) in [5, 5.41) is 9.25. The van der Waals surface area contributed by atoms with Gasteiger partial charge in [0.15, 0.2) is 0 Å². The van der Waals surface area contributed by atoms with Gasteiger partial charge in [0.05, 0.1) is 37.8 Å². The number of morpholine rings is 1. The molecule has 4 fully saturated rings.